The highest BCUT2D eigenvalue weighted by Gasteiger charge is 2.28. The molecule has 0 fully saturated rings. The van der Waals surface area contributed by atoms with E-state index >= 15 is 0 Å². The van der Waals surface area contributed by atoms with Gasteiger partial charge in [0.2, 0.25) is 0 Å². The third-order valence-electron chi connectivity index (χ3n) is 4.78. The molecule has 2 aromatic carbocycles. The van der Waals surface area contributed by atoms with Crippen LogP contribution in [0.25, 0.3) is 0 Å². The Morgan fingerprint density at radius 1 is 1.00 bits per heavy atom. The molecule has 0 unspecified atom stereocenters. The monoisotopic (exact) mass is 310 g/mol. The van der Waals surface area contributed by atoms with Gasteiger partial charge in [-0.1, -0.05) is 56.3 Å². The van der Waals surface area contributed by atoms with Crippen molar-refractivity contribution in [3.63, 3.8) is 0 Å². The highest BCUT2D eigenvalue weighted by molar-refractivity contribution is 5.94. The van der Waals surface area contributed by atoms with E-state index in [4.69, 9.17) is 5.73 Å². The van der Waals surface area contributed by atoms with Crippen LogP contribution in [-0.4, -0.2) is 12.5 Å². The summed E-state index contributed by atoms with van der Waals surface area (Å²) in [6.45, 7) is 5.49. The van der Waals surface area contributed by atoms with E-state index in [1.54, 1.807) is 0 Å². The van der Waals surface area contributed by atoms with Crippen molar-refractivity contribution in [3.05, 3.63) is 71.3 Å². The minimum absolute atomic E-state index is 0.0197. The van der Waals surface area contributed by atoms with E-state index in [2.05, 4.69) is 43.4 Å². The first kappa shape index (κ1) is 17.2. The molecular formula is C20H26N2O. The molecule has 0 saturated carbocycles. The van der Waals surface area contributed by atoms with Gasteiger partial charge in [0.05, 0.1) is 0 Å². The van der Waals surface area contributed by atoms with Crippen LogP contribution in [0.3, 0.4) is 0 Å². The largest absolute Gasteiger partial charge is 0.351 e. The Hall–Kier alpha value is -2.13. The van der Waals surface area contributed by atoms with E-state index in [-0.39, 0.29) is 11.3 Å². The number of hydrogen-bond acceptors (Lipinski definition) is 2. The van der Waals surface area contributed by atoms with Crippen LogP contribution in [0.15, 0.2) is 54.6 Å². The lowest BCUT2D eigenvalue weighted by atomic mass is 9.76. The third kappa shape index (κ3) is 3.99. The normalized spacial score (nSPS) is 11.3. The van der Waals surface area contributed by atoms with Crippen molar-refractivity contribution < 1.29 is 4.79 Å². The lowest BCUT2D eigenvalue weighted by molar-refractivity contribution is 0.0941. The van der Waals surface area contributed by atoms with Crippen molar-refractivity contribution in [2.75, 3.05) is 6.54 Å². The fourth-order valence-corrected chi connectivity index (χ4v) is 2.95. The molecule has 122 valence electrons. The molecule has 2 aromatic rings. The van der Waals surface area contributed by atoms with Crippen molar-refractivity contribution in [3.8, 4) is 0 Å². The maximum atomic E-state index is 12.4. The Labute approximate surface area is 138 Å². The standard InChI is InChI=1S/C20H26N2O/c1-3-20(4-2,18-8-6-5-7-9-18)15-22-19(23)17-12-10-16(14-21)11-13-17/h5-13H,3-4,14-15,21H2,1-2H3,(H,22,23). The van der Waals surface area contributed by atoms with Crippen LogP contribution in [0.1, 0.15) is 48.2 Å². The summed E-state index contributed by atoms with van der Waals surface area (Å²) in [5.74, 6) is -0.0317. The maximum absolute atomic E-state index is 12.4. The number of nitrogens with one attached hydrogen (secondary N) is 1. The van der Waals surface area contributed by atoms with E-state index in [1.807, 2.05) is 30.3 Å². The zero-order chi connectivity index (χ0) is 16.7. The van der Waals surface area contributed by atoms with Gasteiger partial charge in [-0.05, 0) is 36.1 Å². The van der Waals surface area contributed by atoms with Gasteiger partial charge in [-0.2, -0.15) is 0 Å². The summed E-state index contributed by atoms with van der Waals surface area (Å²) >= 11 is 0. The van der Waals surface area contributed by atoms with Crippen molar-refractivity contribution in [1.82, 2.24) is 5.32 Å². The molecule has 0 aliphatic carbocycles. The zero-order valence-electron chi connectivity index (χ0n) is 14.0. The van der Waals surface area contributed by atoms with E-state index in [9.17, 15) is 4.79 Å². The SMILES string of the molecule is CCC(CC)(CNC(=O)c1ccc(CN)cc1)c1ccccc1. The molecule has 0 radical (unpaired) electrons. The zero-order valence-corrected chi connectivity index (χ0v) is 14.0. The molecule has 23 heavy (non-hydrogen) atoms. The number of carbonyl (C=O) groups excluding carboxylic acids is 1. The highest BCUT2D eigenvalue weighted by Crippen LogP contribution is 2.30. The fraction of sp³-hybridized carbons (Fsp3) is 0.350. The summed E-state index contributed by atoms with van der Waals surface area (Å²) in [4.78, 5) is 12.4. The first-order chi connectivity index (χ1) is 11.1. The molecule has 1 amide bonds. The Morgan fingerprint density at radius 2 is 1.61 bits per heavy atom. The molecule has 0 aliphatic rings. The van der Waals surface area contributed by atoms with Gasteiger partial charge in [-0.25, -0.2) is 0 Å². The summed E-state index contributed by atoms with van der Waals surface area (Å²) in [5, 5.41) is 3.11. The lowest BCUT2D eigenvalue weighted by Gasteiger charge is -2.32. The van der Waals surface area contributed by atoms with E-state index in [0.717, 1.165) is 18.4 Å². The van der Waals surface area contributed by atoms with Crippen molar-refractivity contribution >= 4 is 5.91 Å². The second-order valence-electron chi connectivity index (χ2n) is 5.94. The van der Waals surface area contributed by atoms with Crippen LogP contribution in [0.4, 0.5) is 0 Å². The van der Waals surface area contributed by atoms with Gasteiger partial charge in [0, 0.05) is 24.1 Å². The number of amides is 1. The predicted molar refractivity (Wildman–Crippen MR) is 95.4 cm³/mol. The predicted octanol–water partition coefficient (Wildman–Crippen LogP) is 3.63. The molecule has 0 spiro atoms. The molecule has 0 aliphatic heterocycles. The first-order valence-electron chi connectivity index (χ1n) is 8.28. The van der Waals surface area contributed by atoms with Gasteiger partial charge in [0.15, 0.2) is 0 Å². The summed E-state index contributed by atoms with van der Waals surface area (Å²) in [6.07, 6.45) is 1.97. The molecule has 0 heterocycles. The van der Waals surface area contributed by atoms with Gasteiger partial charge in [-0.15, -0.1) is 0 Å². The van der Waals surface area contributed by atoms with Crippen LogP contribution < -0.4 is 11.1 Å². The molecule has 3 nitrogen and oxygen atoms in total. The van der Waals surface area contributed by atoms with Crippen LogP contribution in [0.5, 0.6) is 0 Å². The Kier molecular flexibility index (Phi) is 5.94. The summed E-state index contributed by atoms with van der Waals surface area (Å²) in [5.41, 5.74) is 8.56. The molecule has 2 rings (SSSR count). The quantitative estimate of drug-likeness (QED) is 0.820. The second kappa shape index (κ2) is 7.93. The lowest BCUT2D eigenvalue weighted by Crippen LogP contribution is -2.40. The van der Waals surface area contributed by atoms with Crippen molar-refractivity contribution in [2.24, 2.45) is 5.73 Å². The van der Waals surface area contributed by atoms with Crippen LogP contribution >= 0.6 is 0 Å². The average Bonchev–Trinajstić information content (AvgIpc) is 2.63. The van der Waals surface area contributed by atoms with E-state index in [0.29, 0.717) is 18.7 Å². The van der Waals surface area contributed by atoms with Gasteiger partial charge in [0.25, 0.3) is 5.91 Å². The Balaban J connectivity index is 2.10. The topological polar surface area (TPSA) is 55.1 Å². The molecule has 0 saturated heterocycles. The molecule has 0 aromatic heterocycles. The first-order valence-corrected chi connectivity index (χ1v) is 8.28. The number of benzene rings is 2. The van der Waals surface area contributed by atoms with Gasteiger partial charge < -0.3 is 11.1 Å². The number of carbonyl (C=O) groups is 1. The molecule has 0 bridgehead atoms. The van der Waals surface area contributed by atoms with Gasteiger partial charge in [0.1, 0.15) is 0 Å². The highest BCUT2D eigenvalue weighted by atomic mass is 16.1. The second-order valence-corrected chi connectivity index (χ2v) is 5.94. The Bertz CT molecular complexity index is 616. The van der Waals surface area contributed by atoms with Crippen LogP contribution in [0.2, 0.25) is 0 Å². The number of rotatable bonds is 7. The number of nitrogens with two attached hydrogens (primary N) is 1. The van der Waals surface area contributed by atoms with Crippen molar-refractivity contribution in [1.29, 1.82) is 0 Å². The molecule has 3 N–H and O–H groups in total. The van der Waals surface area contributed by atoms with E-state index < -0.39 is 0 Å². The van der Waals surface area contributed by atoms with Crippen LogP contribution in [0, 0.1) is 0 Å². The van der Waals surface area contributed by atoms with Gasteiger partial charge in [-0.3, -0.25) is 4.79 Å². The summed E-state index contributed by atoms with van der Waals surface area (Å²) in [6, 6.07) is 17.9. The average molecular weight is 310 g/mol. The fourth-order valence-electron chi connectivity index (χ4n) is 2.95. The summed E-state index contributed by atoms with van der Waals surface area (Å²) in [7, 11) is 0. The minimum atomic E-state index is -0.0317. The third-order valence-corrected chi connectivity index (χ3v) is 4.78. The molecule has 3 heteroatoms. The smallest absolute Gasteiger partial charge is 0.251 e. The van der Waals surface area contributed by atoms with Gasteiger partial charge >= 0.3 is 0 Å². The molecular weight excluding hydrogens is 284 g/mol. The summed E-state index contributed by atoms with van der Waals surface area (Å²) < 4.78 is 0. The molecule has 0 atom stereocenters. The van der Waals surface area contributed by atoms with Crippen LogP contribution in [-0.2, 0) is 12.0 Å². The number of hydrogen-bond donors (Lipinski definition) is 2. The van der Waals surface area contributed by atoms with Crippen molar-refractivity contribution in [2.45, 2.75) is 38.6 Å². The Morgan fingerprint density at radius 3 is 2.13 bits per heavy atom. The minimum Gasteiger partial charge on any atom is -0.351 e. The van der Waals surface area contributed by atoms with E-state index in [1.165, 1.54) is 5.56 Å². The maximum Gasteiger partial charge on any atom is 0.251 e.